The molecule has 0 bridgehead atoms. The van der Waals surface area contributed by atoms with Crippen molar-refractivity contribution in [3.63, 3.8) is 0 Å². The first-order chi connectivity index (χ1) is 10.2. The van der Waals surface area contributed by atoms with Crippen molar-refractivity contribution in [3.8, 4) is 0 Å². The Bertz CT molecular complexity index is 999. The summed E-state index contributed by atoms with van der Waals surface area (Å²) < 4.78 is 3.65. The molecule has 0 aliphatic carbocycles. The number of benzene rings is 2. The van der Waals surface area contributed by atoms with Crippen LogP contribution in [0, 0.1) is 13.8 Å². The van der Waals surface area contributed by atoms with E-state index in [1.807, 2.05) is 0 Å². The zero-order valence-electron chi connectivity index (χ0n) is 12.5. The lowest BCUT2D eigenvalue weighted by atomic mass is 10.1. The van der Waals surface area contributed by atoms with E-state index in [0.29, 0.717) is 0 Å². The molecule has 0 unspecified atom stereocenters. The second-order valence-corrected chi connectivity index (χ2v) is 6.45. The summed E-state index contributed by atoms with van der Waals surface area (Å²) in [6.07, 6.45) is 1.03. The molecule has 2 aromatic heterocycles. The topological polar surface area (TPSA) is 17.0 Å². The predicted molar refractivity (Wildman–Crippen MR) is 89.1 cm³/mol. The number of aryl methyl sites for hydroxylation is 2. The van der Waals surface area contributed by atoms with Crippen molar-refractivity contribution < 1.29 is 4.40 Å². The van der Waals surface area contributed by atoms with Gasteiger partial charge in [-0.3, -0.25) is 0 Å². The quantitative estimate of drug-likeness (QED) is 0.476. The highest BCUT2D eigenvalue weighted by Gasteiger charge is 2.21. The molecular formula is C18H17N2S+. The summed E-state index contributed by atoms with van der Waals surface area (Å²) in [7, 11) is 0. The van der Waals surface area contributed by atoms with Crippen molar-refractivity contribution in [2.45, 2.75) is 27.2 Å². The van der Waals surface area contributed by atoms with Crippen LogP contribution in [0.1, 0.15) is 23.9 Å². The first-order valence-corrected chi connectivity index (χ1v) is 8.14. The lowest BCUT2D eigenvalue weighted by Crippen LogP contribution is -2.27. The third-order valence-corrected chi connectivity index (χ3v) is 5.40. The van der Waals surface area contributed by atoms with Crippen molar-refractivity contribution in [1.29, 1.82) is 0 Å². The molecule has 2 nitrogen and oxygen atoms in total. The Kier molecular flexibility index (Phi) is 2.73. The predicted octanol–water partition coefficient (Wildman–Crippen LogP) is 4.37. The van der Waals surface area contributed by atoms with Crippen LogP contribution in [0.15, 0.2) is 36.4 Å². The molecule has 0 atom stereocenters. The van der Waals surface area contributed by atoms with Gasteiger partial charge in [0.2, 0.25) is 0 Å². The van der Waals surface area contributed by atoms with Crippen LogP contribution in [-0.2, 0) is 6.42 Å². The maximum Gasteiger partial charge on any atom is 0.388 e. The van der Waals surface area contributed by atoms with E-state index in [4.69, 9.17) is 4.98 Å². The van der Waals surface area contributed by atoms with Gasteiger partial charge in [0.25, 0.3) is 0 Å². The summed E-state index contributed by atoms with van der Waals surface area (Å²) in [6, 6.07) is 13.0. The van der Waals surface area contributed by atoms with Gasteiger partial charge in [-0.2, -0.15) is 4.40 Å². The molecule has 4 rings (SSSR count). The van der Waals surface area contributed by atoms with Crippen LogP contribution in [0.25, 0.3) is 25.9 Å². The molecule has 21 heavy (non-hydrogen) atoms. The van der Waals surface area contributed by atoms with Crippen molar-refractivity contribution in [2.75, 3.05) is 0 Å². The molecule has 104 valence electrons. The third-order valence-electron chi connectivity index (χ3n) is 4.31. The third kappa shape index (κ3) is 1.70. The van der Waals surface area contributed by atoms with E-state index >= 15 is 0 Å². The molecule has 0 aliphatic rings. The van der Waals surface area contributed by atoms with Crippen molar-refractivity contribution in [3.05, 3.63) is 53.3 Å². The molecule has 2 heterocycles. The molecule has 0 aliphatic heterocycles. The highest BCUT2D eigenvalue weighted by molar-refractivity contribution is 7.23. The summed E-state index contributed by atoms with van der Waals surface area (Å²) in [5.74, 6) is 0. The molecule has 0 saturated heterocycles. The van der Waals surface area contributed by atoms with Gasteiger partial charge in [0.15, 0.2) is 11.2 Å². The van der Waals surface area contributed by atoms with Crippen LogP contribution in [0.3, 0.4) is 0 Å². The number of hydrogen-bond acceptors (Lipinski definition) is 2. The molecule has 0 saturated carbocycles. The fraction of sp³-hybridized carbons (Fsp3) is 0.222. The monoisotopic (exact) mass is 293 g/mol. The Morgan fingerprint density at radius 1 is 1.10 bits per heavy atom. The van der Waals surface area contributed by atoms with Crippen LogP contribution in [0.5, 0.6) is 0 Å². The molecular weight excluding hydrogens is 276 g/mol. The van der Waals surface area contributed by atoms with Gasteiger partial charge in [-0.25, -0.2) is 0 Å². The molecule has 0 radical (unpaired) electrons. The Hall–Kier alpha value is -2.00. The summed E-state index contributed by atoms with van der Waals surface area (Å²) >= 11 is 1.79. The highest BCUT2D eigenvalue weighted by Crippen LogP contribution is 2.30. The zero-order valence-corrected chi connectivity index (χ0v) is 13.3. The number of aromatic nitrogens is 2. The summed E-state index contributed by atoms with van der Waals surface area (Å²) in [5.41, 5.74) is 5.11. The average molecular weight is 293 g/mol. The summed E-state index contributed by atoms with van der Waals surface area (Å²) in [5, 5.41) is 2.61. The van der Waals surface area contributed by atoms with E-state index in [1.54, 1.807) is 11.3 Å². The zero-order chi connectivity index (χ0) is 14.6. The molecule has 0 fully saturated rings. The molecule has 2 aromatic carbocycles. The second kappa shape index (κ2) is 4.50. The number of hydrogen-bond donors (Lipinski definition) is 0. The van der Waals surface area contributed by atoms with Crippen LogP contribution in [0.4, 0.5) is 0 Å². The van der Waals surface area contributed by atoms with E-state index in [9.17, 15) is 0 Å². The van der Waals surface area contributed by atoms with E-state index in [1.165, 1.54) is 32.2 Å². The van der Waals surface area contributed by atoms with Gasteiger partial charge in [0.1, 0.15) is 5.69 Å². The number of thiazole rings is 1. The van der Waals surface area contributed by atoms with Gasteiger partial charge in [-0.15, -0.1) is 0 Å². The molecule has 0 N–H and O–H groups in total. The van der Waals surface area contributed by atoms with Crippen LogP contribution in [-0.4, -0.2) is 4.98 Å². The van der Waals surface area contributed by atoms with Gasteiger partial charge in [0.05, 0.1) is 4.70 Å². The summed E-state index contributed by atoms with van der Waals surface area (Å²) in [6.45, 7) is 6.53. The van der Waals surface area contributed by atoms with Crippen molar-refractivity contribution >= 4 is 37.3 Å². The van der Waals surface area contributed by atoms with Crippen LogP contribution in [0.2, 0.25) is 0 Å². The van der Waals surface area contributed by atoms with Crippen LogP contribution < -0.4 is 4.40 Å². The normalized spacial score (nSPS) is 11.8. The van der Waals surface area contributed by atoms with E-state index in [0.717, 1.165) is 17.1 Å². The Labute approximate surface area is 127 Å². The van der Waals surface area contributed by atoms with Crippen molar-refractivity contribution in [1.82, 2.24) is 4.98 Å². The molecule has 3 heteroatoms. The van der Waals surface area contributed by atoms with Gasteiger partial charge in [0, 0.05) is 17.9 Å². The maximum atomic E-state index is 4.83. The minimum absolute atomic E-state index is 1.03. The lowest BCUT2D eigenvalue weighted by molar-refractivity contribution is -0.489. The van der Waals surface area contributed by atoms with E-state index in [-0.39, 0.29) is 0 Å². The van der Waals surface area contributed by atoms with Gasteiger partial charge in [-0.1, -0.05) is 37.3 Å². The van der Waals surface area contributed by atoms with Crippen molar-refractivity contribution in [2.24, 2.45) is 0 Å². The van der Waals surface area contributed by atoms with E-state index < -0.39 is 0 Å². The standard InChI is InChI=1S/C18H17N2S/c1-4-14-11(2)19-18-20(12(14)3)16-10-9-13-7-5-6-8-15(13)17(16)21-18/h5-10H,4H2,1-3H3/q+1. The number of rotatable bonds is 1. The Morgan fingerprint density at radius 3 is 2.71 bits per heavy atom. The van der Waals surface area contributed by atoms with E-state index in [2.05, 4.69) is 61.6 Å². The Balaban J connectivity index is 2.26. The molecule has 4 aromatic rings. The summed E-state index contributed by atoms with van der Waals surface area (Å²) in [4.78, 5) is 5.92. The first-order valence-electron chi connectivity index (χ1n) is 7.32. The minimum atomic E-state index is 1.03. The van der Waals surface area contributed by atoms with Gasteiger partial charge in [-0.05, 0) is 41.1 Å². The van der Waals surface area contributed by atoms with Crippen LogP contribution >= 0.6 is 11.3 Å². The smallest absolute Gasteiger partial charge is 0.183 e. The second-order valence-electron chi connectivity index (χ2n) is 5.47. The van der Waals surface area contributed by atoms with Gasteiger partial charge >= 0.3 is 4.96 Å². The maximum absolute atomic E-state index is 4.83. The highest BCUT2D eigenvalue weighted by atomic mass is 32.1. The van der Waals surface area contributed by atoms with Gasteiger partial charge < -0.3 is 0 Å². The lowest BCUT2D eigenvalue weighted by Gasteiger charge is -2.02. The SMILES string of the molecule is CCc1c(C)nc2sc3c4ccccc4ccc3[n+]2c1C. The fourth-order valence-electron chi connectivity index (χ4n) is 3.27. The molecule has 0 spiro atoms. The number of fused-ring (bicyclic) bond motifs is 5. The minimum Gasteiger partial charge on any atom is -0.183 e. The number of nitrogens with zero attached hydrogens (tertiary/aromatic N) is 2. The Morgan fingerprint density at radius 2 is 1.90 bits per heavy atom. The fourth-order valence-corrected chi connectivity index (χ4v) is 4.52. The molecule has 0 amide bonds. The average Bonchev–Trinajstić information content (AvgIpc) is 2.86. The first kappa shape index (κ1) is 12.7. The largest absolute Gasteiger partial charge is 0.388 e.